The van der Waals surface area contributed by atoms with Gasteiger partial charge in [-0.1, -0.05) is 12.1 Å². The second-order valence-corrected chi connectivity index (χ2v) is 7.13. The van der Waals surface area contributed by atoms with Crippen molar-refractivity contribution in [3.05, 3.63) is 36.4 Å². The normalized spacial score (nSPS) is 16.0. The Morgan fingerprint density at radius 2 is 1.96 bits per heavy atom. The number of hydrogen-bond donors (Lipinski definition) is 1. The minimum absolute atomic E-state index is 0.0605. The molecule has 4 rings (SSSR count). The number of fused-ring (bicyclic) bond motifs is 1. The second-order valence-electron chi connectivity index (χ2n) is 7.13. The van der Waals surface area contributed by atoms with Crippen molar-refractivity contribution < 1.29 is 4.79 Å². The average Bonchev–Trinajstić information content (AvgIpc) is 3.31. The average molecular weight is 364 g/mol. The molecule has 7 nitrogen and oxygen atoms in total. The summed E-state index contributed by atoms with van der Waals surface area (Å²) in [4.78, 5) is 27.9. The van der Waals surface area contributed by atoms with Crippen LogP contribution in [0.15, 0.2) is 30.6 Å². The zero-order valence-electron chi connectivity index (χ0n) is 15.9. The summed E-state index contributed by atoms with van der Waals surface area (Å²) in [7, 11) is 1.99. The molecule has 2 aromatic heterocycles. The fourth-order valence-corrected chi connectivity index (χ4v) is 3.52. The highest BCUT2D eigenvalue weighted by molar-refractivity contribution is 5.94. The number of carbonyl (C=O) groups is 1. The van der Waals surface area contributed by atoms with Crippen molar-refractivity contribution in [3.63, 3.8) is 0 Å². The molecule has 0 radical (unpaired) electrons. The van der Waals surface area contributed by atoms with Crippen LogP contribution in [0.3, 0.4) is 0 Å². The summed E-state index contributed by atoms with van der Waals surface area (Å²) in [6.07, 6.45) is 5.91. The number of nitrogens with zero attached hydrogens (tertiary/aromatic N) is 5. The van der Waals surface area contributed by atoms with Gasteiger partial charge in [0.15, 0.2) is 0 Å². The van der Waals surface area contributed by atoms with Crippen LogP contribution in [0.2, 0.25) is 0 Å². The number of benzene rings is 1. The molecule has 7 heteroatoms. The van der Waals surface area contributed by atoms with Gasteiger partial charge >= 0.3 is 0 Å². The zero-order valence-corrected chi connectivity index (χ0v) is 15.9. The van der Waals surface area contributed by atoms with Gasteiger partial charge in [-0.25, -0.2) is 15.0 Å². The lowest BCUT2D eigenvalue weighted by Crippen LogP contribution is -2.40. The molecule has 1 aliphatic heterocycles. The monoisotopic (exact) mass is 364 g/mol. The largest absolute Gasteiger partial charge is 0.331 e. The minimum atomic E-state index is -0.171. The summed E-state index contributed by atoms with van der Waals surface area (Å²) in [5.41, 5.74) is 2.86. The summed E-state index contributed by atoms with van der Waals surface area (Å²) < 4.78 is 2.04. The molecule has 1 N–H and O–H groups in total. The van der Waals surface area contributed by atoms with Crippen molar-refractivity contribution in [1.82, 2.24) is 24.4 Å². The Morgan fingerprint density at radius 3 is 2.67 bits per heavy atom. The topological polar surface area (TPSA) is 75.9 Å². The van der Waals surface area contributed by atoms with Crippen molar-refractivity contribution >= 4 is 22.8 Å². The lowest BCUT2D eigenvalue weighted by Gasteiger charge is -2.22. The standard InChI is InChI=1S/C20H24N6O/c1-13(26-8-4-5-9-26)19(27)24-20-22-11-16-7-6-15(10-17(16)23-20)18-12-21-14(2)25(18)3/h6-7,10-13H,4-5,8-9H2,1-3H3,(H,22,23,24,27). The van der Waals surface area contributed by atoms with Crippen molar-refractivity contribution in [1.29, 1.82) is 0 Å². The molecule has 0 bridgehead atoms. The smallest absolute Gasteiger partial charge is 0.243 e. The predicted molar refractivity (Wildman–Crippen MR) is 105 cm³/mol. The zero-order chi connectivity index (χ0) is 19.0. The molecule has 140 valence electrons. The molecule has 3 aromatic rings. The molecule has 1 saturated heterocycles. The van der Waals surface area contributed by atoms with E-state index < -0.39 is 0 Å². The van der Waals surface area contributed by atoms with Gasteiger partial charge in [-0.15, -0.1) is 0 Å². The van der Waals surface area contributed by atoms with Crippen molar-refractivity contribution in [2.45, 2.75) is 32.7 Å². The number of aryl methyl sites for hydroxylation is 1. The van der Waals surface area contributed by atoms with E-state index in [1.807, 2.05) is 49.9 Å². The number of carbonyl (C=O) groups excluding carboxylic acids is 1. The number of amides is 1. The first-order valence-corrected chi connectivity index (χ1v) is 9.33. The maximum Gasteiger partial charge on any atom is 0.243 e. The minimum Gasteiger partial charge on any atom is -0.331 e. The molecule has 0 aliphatic carbocycles. The maximum atomic E-state index is 12.5. The van der Waals surface area contributed by atoms with Gasteiger partial charge in [0.2, 0.25) is 11.9 Å². The number of likely N-dealkylation sites (tertiary alicyclic amines) is 1. The van der Waals surface area contributed by atoms with Crippen LogP contribution in [0.5, 0.6) is 0 Å². The van der Waals surface area contributed by atoms with Gasteiger partial charge in [0.1, 0.15) is 5.82 Å². The van der Waals surface area contributed by atoms with Crippen LogP contribution >= 0.6 is 0 Å². The van der Waals surface area contributed by atoms with Gasteiger partial charge in [0.25, 0.3) is 0 Å². The van der Waals surface area contributed by atoms with Gasteiger partial charge in [-0.2, -0.15) is 0 Å². The van der Waals surface area contributed by atoms with E-state index in [0.717, 1.165) is 53.9 Å². The van der Waals surface area contributed by atoms with Gasteiger partial charge in [-0.05, 0) is 45.8 Å². The van der Waals surface area contributed by atoms with Crippen LogP contribution in [0.4, 0.5) is 5.95 Å². The number of rotatable bonds is 4. The summed E-state index contributed by atoms with van der Waals surface area (Å²) in [6, 6.07) is 5.87. The fraction of sp³-hybridized carbons (Fsp3) is 0.400. The van der Waals surface area contributed by atoms with E-state index in [9.17, 15) is 4.79 Å². The molecule has 3 heterocycles. The van der Waals surface area contributed by atoms with E-state index in [1.54, 1.807) is 6.20 Å². The highest BCUT2D eigenvalue weighted by Crippen LogP contribution is 2.24. The third-order valence-electron chi connectivity index (χ3n) is 5.40. The van der Waals surface area contributed by atoms with E-state index in [0.29, 0.717) is 5.95 Å². The molecule has 27 heavy (non-hydrogen) atoms. The molecule has 1 aromatic carbocycles. The maximum absolute atomic E-state index is 12.5. The lowest BCUT2D eigenvalue weighted by atomic mass is 10.1. The highest BCUT2D eigenvalue weighted by atomic mass is 16.2. The third kappa shape index (κ3) is 3.42. The SMILES string of the molecule is Cc1ncc(-c2ccc3cnc(NC(=O)C(C)N4CCCC4)nc3c2)n1C. The van der Waals surface area contributed by atoms with Crippen LogP contribution < -0.4 is 5.32 Å². The summed E-state index contributed by atoms with van der Waals surface area (Å²) in [6.45, 7) is 5.85. The predicted octanol–water partition coefficient (Wildman–Crippen LogP) is 2.76. The summed E-state index contributed by atoms with van der Waals surface area (Å²) in [5.74, 6) is 1.24. The van der Waals surface area contributed by atoms with Gasteiger partial charge in [-0.3, -0.25) is 15.0 Å². The molecule has 1 aliphatic rings. The first-order valence-electron chi connectivity index (χ1n) is 9.33. The Morgan fingerprint density at radius 1 is 1.19 bits per heavy atom. The lowest BCUT2D eigenvalue weighted by molar-refractivity contribution is -0.120. The molecule has 1 amide bonds. The van der Waals surface area contributed by atoms with E-state index in [2.05, 4.69) is 25.2 Å². The number of hydrogen-bond acceptors (Lipinski definition) is 5. The molecule has 1 fully saturated rings. The van der Waals surface area contributed by atoms with Gasteiger partial charge in [0.05, 0.1) is 23.4 Å². The van der Waals surface area contributed by atoms with Crippen LogP contribution in [0.25, 0.3) is 22.2 Å². The van der Waals surface area contributed by atoms with Gasteiger partial charge in [0, 0.05) is 24.2 Å². The summed E-state index contributed by atoms with van der Waals surface area (Å²) in [5, 5.41) is 3.80. The van der Waals surface area contributed by atoms with Crippen molar-refractivity contribution in [2.75, 3.05) is 18.4 Å². The fourth-order valence-electron chi connectivity index (χ4n) is 3.52. The molecule has 0 saturated carbocycles. The van der Waals surface area contributed by atoms with Crippen molar-refractivity contribution in [3.8, 4) is 11.3 Å². The molecular weight excluding hydrogens is 340 g/mol. The Balaban J connectivity index is 1.59. The van der Waals surface area contributed by atoms with E-state index in [4.69, 9.17) is 0 Å². The Kier molecular flexibility index (Phi) is 4.61. The third-order valence-corrected chi connectivity index (χ3v) is 5.40. The highest BCUT2D eigenvalue weighted by Gasteiger charge is 2.24. The van der Waals surface area contributed by atoms with Crippen LogP contribution in [0, 0.1) is 6.92 Å². The Labute approximate surface area is 158 Å². The number of anilines is 1. The van der Waals surface area contributed by atoms with Gasteiger partial charge < -0.3 is 4.57 Å². The van der Waals surface area contributed by atoms with Crippen LogP contribution in [-0.4, -0.2) is 49.5 Å². The van der Waals surface area contributed by atoms with E-state index in [1.165, 1.54) is 0 Å². The van der Waals surface area contributed by atoms with Crippen LogP contribution in [-0.2, 0) is 11.8 Å². The first kappa shape index (κ1) is 17.6. The summed E-state index contributed by atoms with van der Waals surface area (Å²) >= 11 is 0. The van der Waals surface area contributed by atoms with Crippen LogP contribution in [0.1, 0.15) is 25.6 Å². The van der Waals surface area contributed by atoms with E-state index >= 15 is 0 Å². The Hall–Kier alpha value is -2.80. The molecule has 1 atom stereocenters. The quantitative estimate of drug-likeness (QED) is 0.770. The first-order chi connectivity index (χ1) is 13.0. The number of aromatic nitrogens is 4. The number of nitrogens with one attached hydrogen (secondary N) is 1. The second kappa shape index (κ2) is 7.08. The van der Waals surface area contributed by atoms with E-state index in [-0.39, 0.29) is 11.9 Å². The Bertz CT molecular complexity index is 989. The number of imidazole rings is 1. The molecular formula is C20H24N6O. The van der Waals surface area contributed by atoms with Crippen molar-refractivity contribution in [2.24, 2.45) is 7.05 Å². The molecule has 1 unspecified atom stereocenters. The molecule has 0 spiro atoms.